The number of hydrogen-bond donors (Lipinski definition) is 0. The van der Waals surface area contributed by atoms with Gasteiger partial charge in [0.25, 0.3) is 0 Å². The average Bonchev–Trinajstić information content (AvgIpc) is 3.04. The van der Waals surface area contributed by atoms with E-state index in [0.29, 0.717) is 0 Å². The third kappa shape index (κ3) is 4.34. The fourth-order valence-electron chi connectivity index (χ4n) is 2.99. The monoisotopic (exact) mass is 330 g/mol. The molecule has 0 radical (unpaired) electrons. The van der Waals surface area contributed by atoms with Gasteiger partial charge in [-0.1, -0.05) is 60.7 Å². The van der Waals surface area contributed by atoms with Crippen LogP contribution in [-0.2, 0) is 4.74 Å². The fraction of sp³-hybridized carbons (Fsp3) is 0.316. The minimum absolute atomic E-state index is 0. The van der Waals surface area contributed by atoms with E-state index in [-0.39, 0.29) is 18.4 Å². The Balaban J connectivity index is 0.00000192. The Kier molecular flexibility index (Phi) is 6.63. The smallest absolute Gasteiger partial charge is 0.235 e. The highest BCUT2D eigenvalue weighted by Gasteiger charge is 2.30. The van der Waals surface area contributed by atoms with Crippen LogP contribution in [-0.4, -0.2) is 49.2 Å². The molecule has 0 aliphatic carbocycles. The maximum atomic E-state index is 5.19. The minimum atomic E-state index is 0. The fourth-order valence-corrected chi connectivity index (χ4v) is 2.99. The molecule has 0 N–H and O–H groups in total. The molecule has 122 valence electrons. The van der Waals surface area contributed by atoms with Crippen LogP contribution < -0.4 is 12.4 Å². The second-order valence-electron chi connectivity index (χ2n) is 5.61. The second-order valence-corrected chi connectivity index (χ2v) is 5.61. The van der Waals surface area contributed by atoms with Gasteiger partial charge in [0.05, 0.1) is 6.61 Å². The number of rotatable bonds is 6. The molecule has 2 aromatic carbocycles. The Hall–Kier alpha value is -1.84. The van der Waals surface area contributed by atoms with Crippen molar-refractivity contribution in [2.75, 3.05) is 33.4 Å². The first-order valence-corrected chi connectivity index (χ1v) is 7.82. The van der Waals surface area contributed by atoms with Crippen molar-refractivity contribution in [1.29, 1.82) is 0 Å². The van der Waals surface area contributed by atoms with Crippen molar-refractivity contribution in [2.45, 2.75) is 6.04 Å². The van der Waals surface area contributed by atoms with Crippen molar-refractivity contribution < 1.29 is 21.7 Å². The molecule has 1 aliphatic heterocycles. The summed E-state index contributed by atoms with van der Waals surface area (Å²) in [5, 5.41) is 0. The summed E-state index contributed by atoms with van der Waals surface area (Å²) >= 11 is 0. The molecular weight excluding hydrogens is 308 g/mol. The zero-order chi connectivity index (χ0) is 15.2. The number of halogens is 1. The second kappa shape index (κ2) is 8.70. The van der Waals surface area contributed by atoms with Gasteiger partial charge in [0, 0.05) is 18.2 Å². The van der Waals surface area contributed by atoms with Gasteiger partial charge in [-0.25, -0.2) is 0 Å². The summed E-state index contributed by atoms with van der Waals surface area (Å²) in [4.78, 5) is 2.43. The Labute approximate surface area is 144 Å². The van der Waals surface area contributed by atoms with Crippen LogP contribution in [0.25, 0.3) is 0 Å². The lowest BCUT2D eigenvalue weighted by Gasteiger charge is -2.21. The predicted molar refractivity (Wildman–Crippen MR) is 89.4 cm³/mol. The number of ether oxygens (including phenoxy) is 1. The number of nitrogens with zero attached hydrogens (tertiary/aromatic N) is 2. The van der Waals surface area contributed by atoms with Gasteiger partial charge in [-0.05, 0) is 0 Å². The van der Waals surface area contributed by atoms with Gasteiger partial charge in [0.1, 0.15) is 25.7 Å². The zero-order valence-corrected chi connectivity index (χ0v) is 14.2. The summed E-state index contributed by atoms with van der Waals surface area (Å²) in [6.07, 6.45) is 2.25. The molecular formula is C19H23ClN2O. The molecule has 0 atom stereocenters. The SMILES string of the molecule is COCC[N+]1=CN(C(c2ccccc2)c2ccccc2)CC1.[Cl-]. The van der Waals surface area contributed by atoms with Crippen LogP contribution in [0.2, 0.25) is 0 Å². The van der Waals surface area contributed by atoms with Crippen molar-refractivity contribution >= 4 is 6.34 Å². The van der Waals surface area contributed by atoms with Crippen molar-refractivity contribution in [1.82, 2.24) is 4.90 Å². The van der Waals surface area contributed by atoms with Gasteiger partial charge in [0.2, 0.25) is 6.34 Å². The van der Waals surface area contributed by atoms with Gasteiger partial charge >= 0.3 is 0 Å². The van der Waals surface area contributed by atoms with Crippen LogP contribution in [0.4, 0.5) is 0 Å². The van der Waals surface area contributed by atoms with Crippen molar-refractivity contribution in [3.05, 3.63) is 71.8 Å². The molecule has 0 saturated carbocycles. The highest BCUT2D eigenvalue weighted by molar-refractivity contribution is 5.54. The molecule has 1 heterocycles. The lowest BCUT2D eigenvalue weighted by Crippen LogP contribution is -3.00. The summed E-state index contributed by atoms with van der Waals surface area (Å²) in [6.45, 7) is 3.81. The molecule has 0 saturated heterocycles. The largest absolute Gasteiger partial charge is 1.00 e. The van der Waals surface area contributed by atoms with Crippen molar-refractivity contribution in [2.24, 2.45) is 0 Å². The van der Waals surface area contributed by atoms with E-state index in [1.807, 2.05) is 0 Å². The number of hydrogen-bond acceptors (Lipinski definition) is 2. The van der Waals surface area contributed by atoms with E-state index in [9.17, 15) is 0 Å². The maximum absolute atomic E-state index is 5.19. The lowest BCUT2D eigenvalue weighted by atomic mass is 9.97. The van der Waals surface area contributed by atoms with Gasteiger partial charge in [-0.3, -0.25) is 9.48 Å². The highest BCUT2D eigenvalue weighted by atomic mass is 35.5. The zero-order valence-electron chi connectivity index (χ0n) is 13.4. The number of methoxy groups -OCH3 is 1. The Bertz CT molecular complexity index is 576. The molecule has 4 heteroatoms. The molecule has 0 unspecified atom stereocenters. The molecule has 0 aromatic heterocycles. The first kappa shape index (κ1) is 17.5. The van der Waals surface area contributed by atoms with Crippen LogP contribution in [0.15, 0.2) is 60.7 Å². The van der Waals surface area contributed by atoms with Gasteiger partial charge in [0.15, 0.2) is 0 Å². The first-order valence-electron chi connectivity index (χ1n) is 7.82. The van der Waals surface area contributed by atoms with Crippen LogP contribution >= 0.6 is 0 Å². The van der Waals surface area contributed by atoms with Crippen molar-refractivity contribution in [3.63, 3.8) is 0 Å². The van der Waals surface area contributed by atoms with Crippen LogP contribution in [0, 0.1) is 0 Å². The third-order valence-corrected chi connectivity index (χ3v) is 4.10. The van der Waals surface area contributed by atoms with E-state index in [1.54, 1.807) is 7.11 Å². The van der Waals surface area contributed by atoms with E-state index in [2.05, 4.69) is 76.5 Å². The van der Waals surface area contributed by atoms with E-state index >= 15 is 0 Å². The Morgan fingerprint density at radius 1 is 1.00 bits per heavy atom. The molecule has 0 bridgehead atoms. The molecule has 2 aromatic rings. The van der Waals surface area contributed by atoms with Gasteiger partial charge in [-0.2, -0.15) is 0 Å². The standard InChI is InChI=1S/C19H23N2O.ClH/c1-22-15-14-20-12-13-21(16-20)19(17-8-4-2-5-9-17)18-10-6-3-7-11-18;/h2-11,16,19H,12-15H2,1H3;1H/q+1;/p-1. The quantitative estimate of drug-likeness (QED) is 0.681. The molecule has 0 spiro atoms. The molecule has 3 rings (SSSR count). The summed E-state index contributed by atoms with van der Waals surface area (Å²) in [5.74, 6) is 0. The molecule has 3 nitrogen and oxygen atoms in total. The number of benzene rings is 2. The highest BCUT2D eigenvalue weighted by Crippen LogP contribution is 2.28. The maximum Gasteiger partial charge on any atom is 0.235 e. The molecule has 0 fully saturated rings. The van der Waals surface area contributed by atoms with E-state index in [4.69, 9.17) is 4.74 Å². The first-order chi connectivity index (χ1) is 10.9. The molecule has 0 amide bonds. The van der Waals surface area contributed by atoms with Gasteiger partial charge in [-0.15, -0.1) is 0 Å². The summed E-state index contributed by atoms with van der Waals surface area (Å²) in [5.41, 5.74) is 2.66. The Morgan fingerprint density at radius 3 is 2.09 bits per heavy atom. The average molecular weight is 331 g/mol. The normalized spacial score (nSPS) is 13.8. The lowest BCUT2D eigenvalue weighted by molar-refractivity contribution is -0.516. The Morgan fingerprint density at radius 2 is 1.57 bits per heavy atom. The van der Waals surface area contributed by atoms with Crippen LogP contribution in [0.5, 0.6) is 0 Å². The topological polar surface area (TPSA) is 15.5 Å². The summed E-state index contributed by atoms with van der Waals surface area (Å²) < 4.78 is 7.52. The summed E-state index contributed by atoms with van der Waals surface area (Å²) in [6, 6.07) is 21.7. The third-order valence-electron chi connectivity index (χ3n) is 4.10. The molecule has 23 heavy (non-hydrogen) atoms. The van der Waals surface area contributed by atoms with Crippen LogP contribution in [0.3, 0.4) is 0 Å². The van der Waals surface area contributed by atoms with E-state index in [1.165, 1.54) is 11.1 Å². The van der Waals surface area contributed by atoms with Crippen LogP contribution in [0.1, 0.15) is 17.2 Å². The van der Waals surface area contributed by atoms with Gasteiger partial charge < -0.3 is 17.1 Å². The van der Waals surface area contributed by atoms with E-state index < -0.39 is 0 Å². The predicted octanol–water partition coefficient (Wildman–Crippen LogP) is -0.217. The van der Waals surface area contributed by atoms with E-state index in [0.717, 1.165) is 26.2 Å². The van der Waals surface area contributed by atoms with Crippen molar-refractivity contribution in [3.8, 4) is 0 Å². The minimum Gasteiger partial charge on any atom is -1.00 e. The molecule has 1 aliphatic rings. The summed E-state index contributed by atoms with van der Waals surface area (Å²) in [7, 11) is 1.75.